The molecule has 0 heterocycles. The average Bonchev–Trinajstić information content (AvgIpc) is 1.99. The van der Waals surface area contributed by atoms with Gasteiger partial charge in [-0.25, -0.2) is 0 Å². The van der Waals surface area contributed by atoms with Crippen LogP contribution in [0.2, 0.25) is 0 Å². The van der Waals surface area contributed by atoms with Gasteiger partial charge in [0, 0.05) is 18.7 Å². The van der Waals surface area contributed by atoms with Gasteiger partial charge in [0.25, 0.3) is 10.2 Å². The van der Waals surface area contributed by atoms with Gasteiger partial charge in [-0.15, -0.1) is 0 Å². The molecule has 0 spiro atoms. The molecule has 0 aromatic heterocycles. The van der Waals surface area contributed by atoms with Gasteiger partial charge in [0.2, 0.25) is 0 Å². The van der Waals surface area contributed by atoms with Gasteiger partial charge < -0.3 is 5.11 Å². The van der Waals surface area contributed by atoms with Crippen LogP contribution in [-0.4, -0.2) is 32.2 Å². The quantitative estimate of drug-likeness (QED) is 0.586. The van der Waals surface area contributed by atoms with Crippen LogP contribution in [0.3, 0.4) is 0 Å². The van der Waals surface area contributed by atoms with E-state index in [1.165, 1.54) is 0 Å². The predicted octanol–water partition coefficient (Wildman–Crippen LogP) is -0.164. The molecular weight excluding hydrogens is 204 g/mol. The van der Waals surface area contributed by atoms with E-state index in [9.17, 15) is 8.42 Å². The smallest absolute Gasteiger partial charge is 0.277 e. The molecule has 0 saturated carbocycles. The van der Waals surface area contributed by atoms with Crippen molar-refractivity contribution in [2.24, 2.45) is 5.92 Å². The van der Waals surface area contributed by atoms with Crippen molar-refractivity contribution in [2.45, 2.75) is 39.8 Å². The first kappa shape index (κ1) is 13.8. The molecule has 0 amide bonds. The Labute approximate surface area is 86.1 Å². The molecule has 0 aliphatic rings. The van der Waals surface area contributed by atoms with Crippen molar-refractivity contribution in [3.8, 4) is 0 Å². The number of rotatable bonds is 6. The van der Waals surface area contributed by atoms with Gasteiger partial charge >= 0.3 is 0 Å². The van der Waals surface area contributed by atoms with Gasteiger partial charge in [-0.3, -0.25) is 0 Å². The second-order valence-electron chi connectivity index (χ2n) is 3.84. The van der Waals surface area contributed by atoms with Crippen molar-refractivity contribution in [2.75, 3.05) is 6.61 Å². The first-order chi connectivity index (χ1) is 6.28. The highest BCUT2D eigenvalue weighted by Crippen LogP contribution is 2.01. The molecule has 86 valence electrons. The predicted molar refractivity (Wildman–Crippen MR) is 56.0 cm³/mol. The van der Waals surface area contributed by atoms with Gasteiger partial charge in [-0.05, 0) is 26.7 Å². The normalized spacial score (nSPS) is 17.0. The van der Waals surface area contributed by atoms with Crippen LogP contribution in [0.25, 0.3) is 0 Å². The summed E-state index contributed by atoms with van der Waals surface area (Å²) in [6, 6.07) is -0.416. The molecule has 0 fully saturated rings. The number of aliphatic hydroxyl groups excluding tert-OH is 1. The number of hydrogen-bond donors (Lipinski definition) is 3. The molecule has 0 saturated heterocycles. The van der Waals surface area contributed by atoms with Crippen molar-refractivity contribution < 1.29 is 13.5 Å². The molecule has 0 aromatic carbocycles. The first-order valence-electron chi connectivity index (χ1n) is 4.69. The highest BCUT2D eigenvalue weighted by atomic mass is 32.2. The SMILES string of the molecule is CC(C)NS(=O)(=O)NC(C)C(C)CO. The second kappa shape index (κ2) is 5.65. The Hall–Kier alpha value is -0.170. The Kier molecular flexibility index (Phi) is 5.58. The van der Waals surface area contributed by atoms with Gasteiger partial charge in [0.1, 0.15) is 0 Å². The number of nitrogens with one attached hydrogen (secondary N) is 2. The Morgan fingerprint density at radius 1 is 1.14 bits per heavy atom. The monoisotopic (exact) mass is 224 g/mol. The van der Waals surface area contributed by atoms with E-state index in [4.69, 9.17) is 5.11 Å². The summed E-state index contributed by atoms with van der Waals surface area (Å²) in [5, 5.41) is 8.83. The summed E-state index contributed by atoms with van der Waals surface area (Å²) in [7, 11) is -3.45. The molecule has 3 N–H and O–H groups in total. The summed E-state index contributed by atoms with van der Waals surface area (Å²) in [6.07, 6.45) is 0. The van der Waals surface area contributed by atoms with Crippen LogP contribution < -0.4 is 9.44 Å². The zero-order valence-electron chi connectivity index (χ0n) is 9.11. The molecule has 2 atom stereocenters. The van der Waals surface area contributed by atoms with Gasteiger partial charge in [-0.1, -0.05) is 6.92 Å². The second-order valence-corrected chi connectivity index (χ2v) is 5.32. The Bertz CT molecular complexity index is 251. The lowest BCUT2D eigenvalue weighted by Gasteiger charge is -2.20. The molecule has 2 unspecified atom stereocenters. The van der Waals surface area contributed by atoms with Crippen molar-refractivity contribution in [3.63, 3.8) is 0 Å². The van der Waals surface area contributed by atoms with E-state index in [0.717, 1.165) is 0 Å². The third kappa shape index (κ3) is 5.54. The fraction of sp³-hybridized carbons (Fsp3) is 1.00. The van der Waals surface area contributed by atoms with E-state index < -0.39 is 10.2 Å². The lowest BCUT2D eigenvalue weighted by Crippen LogP contribution is -2.46. The molecule has 0 aliphatic heterocycles. The molecule has 0 aromatic rings. The zero-order chi connectivity index (χ0) is 11.4. The van der Waals surface area contributed by atoms with Crippen molar-refractivity contribution in [1.82, 2.24) is 9.44 Å². The van der Waals surface area contributed by atoms with Gasteiger partial charge in [0.15, 0.2) is 0 Å². The van der Waals surface area contributed by atoms with E-state index >= 15 is 0 Å². The number of aliphatic hydroxyl groups is 1. The summed E-state index contributed by atoms with van der Waals surface area (Å²) in [5.41, 5.74) is 0. The van der Waals surface area contributed by atoms with E-state index in [-0.39, 0.29) is 24.6 Å². The first-order valence-corrected chi connectivity index (χ1v) is 6.17. The summed E-state index contributed by atoms with van der Waals surface area (Å²) in [6.45, 7) is 6.97. The minimum Gasteiger partial charge on any atom is -0.396 e. The van der Waals surface area contributed by atoms with E-state index in [0.29, 0.717) is 0 Å². The van der Waals surface area contributed by atoms with E-state index in [1.54, 1.807) is 27.7 Å². The summed E-state index contributed by atoms with van der Waals surface area (Å²) in [4.78, 5) is 0. The lowest BCUT2D eigenvalue weighted by molar-refractivity contribution is 0.216. The third-order valence-electron chi connectivity index (χ3n) is 1.87. The van der Waals surface area contributed by atoms with Crippen molar-refractivity contribution in [3.05, 3.63) is 0 Å². The molecular formula is C8H20N2O3S. The molecule has 0 rings (SSSR count). The maximum absolute atomic E-state index is 11.4. The summed E-state index contributed by atoms with van der Waals surface area (Å²) >= 11 is 0. The average molecular weight is 224 g/mol. The Morgan fingerprint density at radius 2 is 1.64 bits per heavy atom. The summed E-state index contributed by atoms with van der Waals surface area (Å²) in [5.74, 6) is -0.0984. The van der Waals surface area contributed by atoms with Crippen molar-refractivity contribution >= 4 is 10.2 Å². The fourth-order valence-corrected chi connectivity index (χ4v) is 2.27. The molecule has 6 heteroatoms. The van der Waals surface area contributed by atoms with Crippen LogP contribution in [0, 0.1) is 5.92 Å². The lowest BCUT2D eigenvalue weighted by atomic mass is 10.1. The van der Waals surface area contributed by atoms with Crippen LogP contribution in [-0.2, 0) is 10.2 Å². The van der Waals surface area contributed by atoms with Crippen LogP contribution >= 0.6 is 0 Å². The van der Waals surface area contributed by atoms with Crippen LogP contribution in [0.15, 0.2) is 0 Å². The highest BCUT2D eigenvalue weighted by Gasteiger charge is 2.18. The molecule has 14 heavy (non-hydrogen) atoms. The number of hydrogen-bond acceptors (Lipinski definition) is 3. The molecule has 0 bridgehead atoms. The van der Waals surface area contributed by atoms with Crippen LogP contribution in [0.1, 0.15) is 27.7 Å². The van der Waals surface area contributed by atoms with E-state index in [1.807, 2.05) is 0 Å². The van der Waals surface area contributed by atoms with Crippen LogP contribution in [0.4, 0.5) is 0 Å². The summed E-state index contributed by atoms with van der Waals surface area (Å²) < 4.78 is 27.6. The standard InChI is InChI=1S/C8H20N2O3S/c1-6(2)9-14(12,13)10-8(4)7(3)5-11/h6-11H,5H2,1-4H3. The largest absolute Gasteiger partial charge is 0.396 e. The van der Waals surface area contributed by atoms with Gasteiger partial charge in [0.05, 0.1) is 0 Å². The van der Waals surface area contributed by atoms with E-state index in [2.05, 4.69) is 9.44 Å². The Balaban J connectivity index is 4.22. The maximum Gasteiger partial charge on any atom is 0.277 e. The molecule has 0 aliphatic carbocycles. The zero-order valence-corrected chi connectivity index (χ0v) is 9.93. The molecule has 0 radical (unpaired) electrons. The Morgan fingerprint density at radius 3 is 2.00 bits per heavy atom. The minimum absolute atomic E-state index is 0.0363. The highest BCUT2D eigenvalue weighted by molar-refractivity contribution is 7.87. The minimum atomic E-state index is -3.45. The maximum atomic E-state index is 11.4. The molecule has 5 nitrogen and oxygen atoms in total. The van der Waals surface area contributed by atoms with Gasteiger partial charge in [-0.2, -0.15) is 17.9 Å². The third-order valence-corrected chi connectivity index (χ3v) is 3.34. The van der Waals surface area contributed by atoms with Crippen LogP contribution in [0.5, 0.6) is 0 Å². The topological polar surface area (TPSA) is 78.4 Å². The van der Waals surface area contributed by atoms with Crippen molar-refractivity contribution in [1.29, 1.82) is 0 Å². The fourth-order valence-electron chi connectivity index (χ4n) is 0.863.